The van der Waals surface area contributed by atoms with E-state index in [2.05, 4.69) is 29.3 Å². The molecule has 0 bridgehead atoms. The average molecular weight is 350 g/mol. The summed E-state index contributed by atoms with van der Waals surface area (Å²) in [7, 11) is 0. The molecule has 1 amide bonds. The van der Waals surface area contributed by atoms with Crippen LogP contribution in [0.1, 0.15) is 36.4 Å². The maximum Gasteiger partial charge on any atom is 0.283 e. The van der Waals surface area contributed by atoms with Crippen LogP contribution < -0.4 is 5.43 Å². The maximum absolute atomic E-state index is 12.3. The minimum Gasteiger partial charge on any atom is -0.300 e. The molecule has 1 aromatic carbocycles. The number of benzene rings is 1. The van der Waals surface area contributed by atoms with Crippen molar-refractivity contribution in [2.24, 2.45) is 5.10 Å². The summed E-state index contributed by atoms with van der Waals surface area (Å²) < 4.78 is 1.01. The fourth-order valence-corrected chi connectivity index (χ4v) is 4.16. The first kappa shape index (κ1) is 16.4. The Morgan fingerprint density at radius 3 is 2.65 bits per heavy atom. The molecule has 2 aromatic rings. The Morgan fingerprint density at radius 2 is 2.00 bits per heavy atom. The van der Waals surface area contributed by atoms with E-state index >= 15 is 0 Å². The van der Waals surface area contributed by atoms with Gasteiger partial charge >= 0.3 is 0 Å². The van der Waals surface area contributed by atoms with E-state index in [-0.39, 0.29) is 5.91 Å². The van der Waals surface area contributed by atoms with E-state index in [1.807, 2.05) is 24.3 Å². The molecular formula is C17H20ClN3OS. The molecular weight excluding hydrogens is 330 g/mol. The molecule has 4 nitrogen and oxygen atoms in total. The number of carbonyl (C=O) groups is 1. The van der Waals surface area contributed by atoms with E-state index in [0.717, 1.165) is 41.7 Å². The van der Waals surface area contributed by atoms with Gasteiger partial charge in [-0.1, -0.05) is 29.8 Å². The third kappa shape index (κ3) is 3.57. The Bertz CT molecular complexity index is 743. The number of hydrogen-bond donors (Lipinski definition) is 1. The van der Waals surface area contributed by atoms with Crippen molar-refractivity contribution in [2.75, 3.05) is 13.1 Å². The quantitative estimate of drug-likeness (QED) is 0.846. The standard InChI is InChI=1S/C17H20ClN3OS/c1-11(2)21-9-7-12(8-10-21)19-20-17(22)16-15(18)13-5-3-4-6-14(13)23-16/h3-6,11H,7-10H2,1-2H3,(H,20,22). The summed E-state index contributed by atoms with van der Waals surface area (Å²) in [6.45, 7) is 6.40. The first-order chi connectivity index (χ1) is 11.1. The lowest BCUT2D eigenvalue weighted by atomic mass is 10.1. The van der Waals surface area contributed by atoms with Gasteiger partial charge in [-0.15, -0.1) is 11.3 Å². The number of piperidine rings is 1. The molecule has 1 aliphatic heterocycles. The van der Waals surface area contributed by atoms with Gasteiger partial charge in [-0.3, -0.25) is 4.79 Å². The molecule has 0 spiro atoms. The molecule has 0 atom stereocenters. The summed E-state index contributed by atoms with van der Waals surface area (Å²) in [5.41, 5.74) is 3.72. The smallest absolute Gasteiger partial charge is 0.283 e. The second kappa shape index (κ2) is 6.99. The molecule has 1 saturated heterocycles. The van der Waals surface area contributed by atoms with Crippen molar-refractivity contribution >= 4 is 44.6 Å². The van der Waals surface area contributed by atoms with Crippen LogP contribution in [-0.4, -0.2) is 35.7 Å². The Balaban J connectivity index is 1.67. The molecule has 0 aliphatic carbocycles. The zero-order valence-corrected chi connectivity index (χ0v) is 14.9. The van der Waals surface area contributed by atoms with Gasteiger partial charge in [0.05, 0.1) is 5.02 Å². The maximum atomic E-state index is 12.3. The molecule has 0 unspecified atom stereocenters. The van der Waals surface area contributed by atoms with Crippen molar-refractivity contribution in [1.82, 2.24) is 10.3 Å². The Kier molecular flexibility index (Phi) is 4.99. The molecule has 2 heterocycles. The predicted octanol–water partition coefficient (Wildman–Crippen LogP) is 4.14. The van der Waals surface area contributed by atoms with Crippen molar-refractivity contribution in [3.8, 4) is 0 Å². The van der Waals surface area contributed by atoms with Gasteiger partial charge in [0, 0.05) is 47.8 Å². The van der Waals surface area contributed by atoms with E-state index in [1.165, 1.54) is 11.3 Å². The van der Waals surface area contributed by atoms with E-state index in [1.54, 1.807) is 0 Å². The van der Waals surface area contributed by atoms with Gasteiger partial charge in [-0.2, -0.15) is 5.10 Å². The number of nitrogens with one attached hydrogen (secondary N) is 1. The number of rotatable bonds is 3. The molecule has 122 valence electrons. The largest absolute Gasteiger partial charge is 0.300 e. The number of amides is 1. The number of thiophene rings is 1. The number of halogens is 1. The highest BCUT2D eigenvalue weighted by Crippen LogP contribution is 2.34. The third-order valence-corrected chi connectivity index (χ3v) is 5.84. The first-order valence-corrected chi connectivity index (χ1v) is 9.02. The average Bonchev–Trinajstić information content (AvgIpc) is 2.90. The summed E-state index contributed by atoms with van der Waals surface area (Å²) in [5, 5.41) is 5.73. The predicted molar refractivity (Wildman–Crippen MR) is 97.7 cm³/mol. The minimum atomic E-state index is -0.227. The van der Waals surface area contributed by atoms with Crippen molar-refractivity contribution in [2.45, 2.75) is 32.7 Å². The Hall–Kier alpha value is -1.43. The Morgan fingerprint density at radius 1 is 1.30 bits per heavy atom. The van der Waals surface area contributed by atoms with Gasteiger partial charge in [0.1, 0.15) is 4.88 Å². The number of fused-ring (bicyclic) bond motifs is 1. The van der Waals surface area contributed by atoms with Gasteiger partial charge in [-0.05, 0) is 19.9 Å². The molecule has 0 saturated carbocycles. The van der Waals surface area contributed by atoms with Gasteiger partial charge in [0.25, 0.3) is 5.91 Å². The normalized spacial score (nSPS) is 16.1. The molecule has 1 N–H and O–H groups in total. The first-order valence-electron chi connectivity index (χ1n) is 7.83. The summed E-state index contributed by atoms with van der Waals surface area (Å²) in [4.78, 5) is 15.3. The molecule has 23 heavy (non-hydrogen) atoms. The fraction of sp³-hybridized carbons (Fsp3) is 0.412. The van der Waals surface area contributed by atoms with Crippen LogP contribution in [0, 0.1) is 0 Å². The number of nitrogens with zero attached hydrogens (tertiary/aromatic N) is 2. The Labute approximate surface area is 145 Å². The number of likely N-dealkylation sites (tertiary alicyclic amines) is 1. The van der Waals surface area contributed by atoms with Crippen molar-refractivity contribution in [3.63, 3.8) is 0 Å². The van der Waals surface area contributed by atoms with Crippen LogP contribution >= 0.6 is 22.9 Å². The summed E-state index contributed by atoms with van der Waals surface area (Å²) in [6.07, 6.45) is 1.80. The monoisotopic (exact) mass is 349 g/mol. The van der Waals surface area contributed by atoms with E-state index < -0.39 is 0 Å². The van der Waals surface area contributed by atoms with Crippen LogP contribution in [0.15, 0.2) is 29.4 Å². The number of hydrazone groups is 1. The molecule has 0 radical (unpaired) electrons. The van der Waals surface area contributed by atoms with Gasteiger partial charge in [-0.25, -0.2) is 5.43 Å². The van der Waals surface area contributed by atoms with Crippen LogP contribution in [0.4, 0.5) is 0 Å². The van der Waals surface area contributed by atoms with Gasteiger partial charge in [0.2, 0.25) is 0 Å². The number of hydrogen-bond acceptors (Lipinski definition) is 4. The van der Waals surface area contributed by atoms with Crippen LogP contribution in [0.3, 0.4) is 0 Å². The van der Waals surface area contributed by atoms with Gasteiger partial charge in [0.15, 0.2) is 0 Å². The van der Waals surface area contributed by atoms with E-state index in [4.69, 9.17) is 11.6 Å². The third-order valence-electron chi connectivity index (χ3n) is 4.16. The topological polar surface area (TPSA) is 44.7 Å². The highest BCUT2D eigenvalue weighted by Gasteiger charge is 2.19. The van der Waals surface area contributed by atoms with Crippen molar-refractivity contribution < 1.29 is 4.79 Å². The highest BCUT2D eigenvalue weighted by atomic mass is 35.5. The molecule has 6 heteroatoms. The molecule has 1 aliphatic rings. The van der Waals surface area contributed by atoms with Crippen molar-refractivity contribution in [1.29, 1.82) is 0 Å². The van der Waals surface area contributed by atoms with E-state index in [9.17, 15) is 4.79 Å². The molecule has 3 rings (SSSR count). The number of carbonyl (C=O) groups excluding carboxylic acids is 1. The van der Waals surface area contributed by atoms with Crippen LogP contribution in [0.2, 0.25) is 5.02 Å². The minimum absolute atomic E-state index is 0.227. The summed E-state index contributed by atoms with van der Waals surface area (Å²) in [6, 6.07) is 8.32. The zero-order chi connectivity index (χ0) is 16.4. The molecule has 1 fully saturated rings. The summed E-state index contributed by atoms with van der Waals surface area (Å²) >= 11 is 7.72. The lowest BCUT2D eigenvalue weighted by molar-refractivity contribution is 0.0958. The van der Waals surface area contributed by atoms with Gasteiger partial charge < -0.3 is 4.90 Å². The second-order valence-electron chi connectivity index (χ2n) is 5.99. The lowest BCUT2D eigenvalue weighted by Crippen LogP contribution is -2.39. The van der Waals surface area contributed by atoms with Crippen molar-refractivity contribution in [3.05, 3.63) is 34.2 Å². The van der Waals surface area contributed by atoms with Crippen LogP contribution in [0.25, 0.3) is 10.1 Å². The van der Waals surface area contributed by atoms with E-state index in [0.29, 0.717) is 15.9 Å². The molecule has 1 aromatic heterocycles. The lowest BCUT2D eigenvalue weighted by Gasteiger charge is -2.30. The van der Waals surface area contributed by atoms with Crippen LogP contribution in [0.5, 0.6) is 0 Å². The fourth-order valence-electron chi connectivity index (χ4n) is 2.75. The van der Waals surface area contributed by atoms with Crippen LogP contribution in [-0.2, 0) is 0 Å². The highest BCUT2D eigenvalue weighted by molar-refractivity contribution is 7.21. The zero-order valence-electron chi connectivity index (χ0n) is 13.3. The summed E-state index contributed by atoms with van der Waals surface area (Å²) in [5.74, 6) is -0.227. The SMILES string of the molecule is CC(C)N1CCC(=NNC(=O)c2sc3ccccc3c2Cl)CC1. The second-order valence-corrected chi connectivity index (χ2v) is 7.42.